The van der Waals surface area contributed by atoms with Gasteiger partial charge in [-0.3, -0.25) is 5.10 Å². The molecule has 0 aromatic carbocycles. The fraction of sp³-hybridized carbons (Fsp3) is 0.778. The van der Waals surface area contributed by atoms with Gasteiger partial charge in [-0.05, 0) is 5.92 Å². The monoisotopic (exact) mass is 183 g/mol. The molecule has 0 amide bonds. The average molecular weight is 183 g/mol. The van der Waals surface area contributed by atoms with Crippen molar-refractivity contribution in [1.82, 2.24) is 15.2 Å². The van der Waals surface area contributed by atoms with Crippen LogP contribution >= 0.6 is 0 Å². The van der Waals surface area contributed by atoms with Gasteiger partial charge in [-0.1, -0.05) is 26.7 Å². The van der Waals surface area contributed by atoms with Crippen molar-refractivity contribution in [2.45, 2.75) is 39.2 Å². The van der Waals surface area contributed by atoms with Crippen LogP contribution in [0.4, 0.5) is 0 Å². The summed E-state index contributed by atoms with van der Waals surface area (Å²) in [5.74, 6) is 1.13. The summed E-state index contributed by atoms with van der Waals surface area (Å²) in [6.45, 7) is 4.19. The molecule has 1 atom stereocenters. The minimum atomic E-state index is -0.303. The van der Waals surface area contributed by atoms with Crippen LogP contribution in [0, 0.1) is 5.92 Å². The lowest BCUT2D eigenvalue weighted by atomic mass is 9.94. The Labute approximate surface area is 78.4 Å². The Hall–Kier alpha value is -0.900. The highest BCUT2D eigenvalue weighted by Gasteiger charge is 2.16. The topological polar surface area (TPSA) is 61.8 Å². The molecule has 0 aliphatic carbocycles. The number of aromatic nitrogens is 3. The van der Waals surface area contributed by atoms with Gasteiger partial charge in [0.15, 0.2) is 0 Å². The van der Waals surface area contributed by atoms with Crippen molar-refractivity contribution in [3.8, 4) is 0 Å². The Morgan fingerprint density at radius 1 is 1.46 bits per heavy atom. The van der Waals surface area contributed by atoms with Crippen LogP contribution < -0.4 is 0 Å². The maximum Gasteiger partial charge on any atom is 0.137 e. The van der Waals surface area contributed by atoms with Crippen LogP contribution in [0.2, 0.25) is 0 Å². The summed E-state index contributed by atoms with van der Waals surface area (Å²) in [6.07, 6.45) is 3.75. The van der Waals surface area contributed by atoms with E-state index in [2.05, 4.69) is 29.0 Å². The first-order valence-corrected chi connectivity index (χ1v) is 4.80. The van der Waals surface area contributed by atoms with Crippen LogP contribution in [0.3, 0.4) is 0 Å². The number of aliphatic hydroxyl groups is 1. The number of H-pyrrole nitrogens is 1. The molecule has 1 unspecified atom stereocenters. The summed E-state index contributed by atoms with van der Waals surface area (Å²) in [6, 6.07) is 0. The Morgan fingerprint density at radius 2 is 2.15 bits per heavy atom. The zero-order valence-corrected chi connectivity index (χ0v) is 8.20. The molecule has 0 aliphatic rings. The molecule has 0 radical (unpaired) electrons. The zero-order chi connectivity index (χ0) is 9.68. The molecule has 0 spiro atoms. The van der Waals surface area contributed by atoms with Crippen molar-refractivity contribution in [3.05, 3.63) is 12.2 Å². The SMILES string of the molecule is CCC(CC)C(O)Cc1ncn[nH]1. The normalized spacial score (nSPS) is 13.5. The van der Waals surface area contributed by atoms with E-state index in [4.69, 9.17) is 0 Å². The van der Waals surface area contributed by atoms with Crippen LogP contribution in [0.15, 0.2) is 6.33 Å². The van der Waals surface area contributed by atoms with E-state index in [0.717, 1.165) is 18.7 Å². The fourth-order valence-electron chi connectivity index (χ4n) is 1.53. The number of nitrogens with one attached hydrogen (secondary N) is 1. The second kappa shape index (κ2) is 4.97. The third-order valence-corrected chi connectivity index (χ3v) is 2.46. The number of hydrogen-bond acceptors (Lipinski definition) is 3. The first-order valence-electron chi connectivity index (χ1n) is 4.80. The molecule has 0 saturated carbocycles. The standard InChI is InChI=1S/C9H17N3O/c1-3-7(4-2)8(13)5-9-10-6-11-12-9/h6-8,13H,3-5H2,1-2H3,(H,10,11,12). The van der Waals surface area contributed by atoms with Crippen molar-refractivity contribution < 1.29 is 5.11 Å². The van der Waals surface area contributed by atoms with Gasteiger partial charge in [-0.2, -0.15) is 5.10 Å². The van der Waals surface area contributed by atoms with E-state index < -0.39 is 0 Å². The zero-order valence-electron chi connectivity index (χ0n) is 8.20. The second-order valence-corrected chi connectivity index (χ2v) is 3.28. The van der Waals surface area contributed by atoms with Gasteiger partial charge in [0, 0.05) is 6.42 Å². The molecule has 1 rings (SSSR count). The van der Waals surface area contributed by atoms with Crippen molar-refractivity contribution >= 4 is 0 Å². The Kier molecular flexibility index (Phi) is 3.89. The van der Waals surface area contributed by atoms with Gasteiger partial charge < -0.3 is 5.11 Å². The molecule has 1 aromatic heterocycles. The highest BCUT2D eigenvalue weighted by atomic mass is 16.3. The van der Waals surface area contributed by atoms with E-state index in [1.165, 1.54) is 6.33 Å². The minimum Gasteiger partial charge on any atom is -0.392 e. The lowest BCUT2D eigenvalue weighted by Crippen LogP contribution is -2.22. The Morgan fingerprint density at radius 3 is 2.62 bits per heavy atom. The Bertz CT molecular complexity index is 219. The summed E-state index contributed by atoms with van der Waals surface area (Å²) >= 11 is 0. The molecule has 2 N–H and O–H groups in total. The third-order valence-electron chi connectivity index (χ3n) is 2.46. The van der Waals surface area contributed by atoms with Gasteiger partial charge in [0.1, 0.15) is 12.2 Å². The molecule has 74 valence electrons. The van der Waals surface area contributed by atoms with Crippen molar-refractivity contribution in [2.75, 3.05) is 0 Å². The summed E-state index contributed by atoms with van der Waals surface area (Å²) < 4.78 is 0. The van der Waals surface area contributed by atoms with E-state index >= 15 is 0 Å². The maximum absolute atomic E-state index is 9.79. The van der Waals surface area contributed by atoms with Gasteiger partial charge in [-0.25, -0.2) is 4.98 Å². The average Bonchev–Trinajstić information content (AvgIpc) is 2.59. The molecule has 13 heavy (non-hydrogen) atoms. The van der Waals surface area contributed by atoms with Gasteiger partial charge in [0.05, 0.1) is 6.10 Å². The molecule has 1 aromatic rings. The molecule has 0 saturated heterocycles. The van der Waals surface area contributed by atoms with Crippen LogP contribution in [-0.2, 0) is 6.42 Å². The van der Waals surface area contributed by atoms with Crippen LogP contribution in [0.5, 0.6) is 0 Å². The molecular formula is C9H17N3O. The highest BCUT2D eigenvalue weighted by molar-refractivity contribution is 4.85. The van der Waals surface area contributed by atoms with Crippen LogP contribution in [0.1, 0.15) is 32.5 Å². The first-order chi connectivity index (χ1) is 6.27. The van der Waals surface area contributed by atoms with E-state index in [1.807, 2.05) is 0 Å². The molecule has 1 heterocycles. The molecule has 0 aliphatic heterocycles. The fourth-order valence-corrected chi connectivity index (χ4v) is 1.53. The van der Waals surface area contributed by atoms with Gasteiger partial charge in [0.25, 0.3) is 0 Å². The lowest BCUT2D eigenvalue weighted by Gasteiger charge is -2.18. The lowest BCUT2D eigenvalue weighted by molar-refractivity contribution is 0.101. The van der Waals surface area contributed by atoms with Gasteiger partial charge >= 0.3 is 0 Å². The number of aliphatic hydroxyl groups excluding tert-OH is 1. The largest absolute Gasteiger partial charge is 0.392 e. The third kappa shape index (κ3) is 2.81. The summed E-state index contributed by atoms with van der Waals surface area (Å²) in [7, 11) is 0. The Balaban J connectivity index is 2.44. The number of rotatable bonds is 5. The predicted octanol–water partition coefficient (Wildman–Crippen LogP) is 1.14. The van der Waals surface area contributed by atoms with Gasteiger partial charge in [0.2, 0.25) is 0 Å². The summed E-state index contributed by atoms with van der Waals surface area (Å²) in [5.41, 5.74) is 0. The van der Waals surface area contributed by atoms with Crippen molar-refractivity contribution in [2.24, 2.45) is 5.92 Å². The van der Waals surface area contributed by atoms with Crippen LogP contribution in [0.25, 0.3) is 0 Å². The van der Waals surface area contributed by atoms with E-state index in [-0.39, 0.29) is 6.10 Å². The number of nitrogens with zero attached hydrogens (tertiary/aromatic N) is 2. The first kappa shape index (κ1) is 10.2. The minimum absolute atomic E-state index is 0.303. The molecular weight excluding hydrogens is 166 g/mol. The summed E-state index contributed by atoms with van der Waals surface area (Å²) in [4.78, 5) is 3.98. The number of aromatic amines is 1. The van der Waals surface area contributed by atoms with Crippen LogP contribution in [-0.4, -0.2) is 26.4 Å². The van der Waals surface area contributed by atoms with E-state index in [0.29, 0.717) is 12.3 Å². The number of hydrogen-bond donors (Lipinski definition) is 2. The molecule has 4 heteroatoms. The van der Waals surface area contributed by atoms with E-state index in [9.17, 15) is 5.11 Å². The molecule has 0 fully saturated rings. The van der Waals surface area contributed by atoms with Crippen molar-refractivity contribution in [3.63, 3.8) is 0 Å². The second-order valence-electron chi connectivity index (χ2n) is 3.28. The molecule has 0 bridgehead atoms. The van der Waals surface area contributed by atoms with E-state index in [1.54, 1.807) is 0 Å². The van der Waals surface area contributed by atoms with Gasteiger partial charge in [-0.15, -0.1) is 0 Å². The maximum atomic E-state index is 9.79. The highest BCUT2D eigenvalue weighted by Crippen LogP contribution is 2.15. The smallest absolute Gasteiger partial charge is 0.137 e. The predicted molar refractivity (Wildman–Crippen MR) is 50.2 cm³/mol. The molecule has 4 nitrogen and oxygen atoms in total. The quantitative estimate of drug-likeness (QED) is 0.719. The van der Waals surface area contributed by atoms with Crippen molar-refractivity contribution in [1.29, 1.82) is 0 Å². The summed E-state index contributed by atoms with van der Waals surface area (Å²) in [5, 5.41) is 16.3.